The number of hydrogen-bond acceptors (Lipinski definition) is 2. The van der Waals surface area contributed by atoms with E-state index in [0.29, 0.717) is 5.75 Å². The predicted molar refractivity (Wildman–Crippen MR) is 105 cm³/mol. The first-order chi connectivity index (χ1) is 11.4. The van der Waals surface area contributed by atoms with Gasteiger partial charge in [-0.05, 0) is 67.6 Å². The Balaban J connectivity index is 1.85. The largest absolute Gasteiger partial charge is 0.349 e. The first-order valence-electron chi connectivity index (χ1n) is 8.06. The standard InChI is InChI=1S/C20H24ClNOS/c1-13-9-15(3)19(10-14(13)2)16(4)22-20(23)12-24-11-17-5-7-18(21)8-6-17/h5-10,16H,11-12H2,1-4H3,(H,22,23)/t16-/m0/s1. The minimum absolute atomic E-state index is 0.0212. The zero-order chi connectivity index (χ0) is 17.7. The highest BCUT2D eigenvalue weighted by atomic mass is 35.5. The molecule has 0 aliphatic heterocycles. The van der Waals surface area contributed by atoms with E-state index in [1.807, 2.05) is 31.2 Å². The lowest BCUT2D eigenvalue weighted by molar-refractivity contribution is -0.119. The van der Waals surface area contributed by atoms with Crippen LogP contribution < -0.4 is 5.32 Å². The van der Waals surface area contributed by atoms with Crippen molar-refractivity contribution < 1.29 is 4.79 Å². The number of thioether (sulfide) groups is 1. The van der Waals surface area contributed by atoms with Crippen molar-refractivity contribution in [3.8, 4) is 0 Å². The molecule has 0 radical (unpaired) electrons. The molecular weight excluding hydrogens is 338 g/mol. The molecule has 4 heteroatoms. The summed E-state index contributed by atoms with van der Waals surface area (Å²) in [4.78, 5) is 12.2. The maximum atomic E-state index is 12.2. The zero-order valence-corrected chi connectivity index (χ0v) is 16.2. The van der Waals surface area contributed by atoms with Gasteiger partial charge in [0.05, 0.1) is 11.8 Å². The van der Waals surface area contributed by atoms with Gasteiger partial charge in [-0.1, -0.05) is 35.9 Å². The van der Waals surface area contributed by atoms with E-state index in [-0.39, 0.29) is 11.9 Å². The van der Waals surface area contributed by atoms with Crippen LogP contribution in [-0.4, -0.2) is 11.7 Å². The molecule has 1 atom stereocenters. The van der Waals surface area contributed by atoms with Crippen molar-refractivity contribution in [3.63, 3.8) is 0 Å². The molecule has 0 fully saturated rings. The van der Waals surface area contributed by atoms with Gasteiger partial charge < -0.3 is 5.32 Å². The number of hydrogen-bond donors (Lipinski definition) is 1. The van der Waals surface area contributed by atoms with Crippen LogP contribution in [0.1, 0.15) is 40.8 Å². The molecule has 0 unspecified atom stereocenters. The van der Waals surface area contributed by atoms with E-state index < -0.39 is 0 Å². The molecule has 2 aromatic rings. The first-order valence-corrected chi connectivity index (χ1v) is 9.59. The van der Waals surface area contributed by atoms with Crippen LogP contribution in [0.4, 0.5) is 0 Å². The summed E-state index contributed by atoms with van der Waals surface area (Å²) in [7, 11) is 0. The second-order valence-corrected chi connectivity index (χ2v) is 7.62. The molecule has 0 aliphatic rings. The molecule has 2 rings (SSSR count). The van der Waals surface area contributed by atoms with Crippen molar-refractivity contribution in [3.05, 3.63) is 69.2 Å². The monoisotopic (exact) mass is 361 g/mol. The third-order valence-electron chi connectivity index (χ3n) is 4.14. The van der Waals surface area contributed by atoms with Gasteiger partial charge in [0.2, 0.25) is 5.91 Å². The van der Waals surface area contributed by atoms with E-state index in [9.17, 15) is 4.79 Å². The molecule has 2 aromatic carbocycles. The smallest absolute Gasteiger partial charge is 0.230 e. The highest BCUT2D eigenvalue weighted by Gasteiger charge is 2.13. The van der Waals surface area contributed by atoms with Gasteiger partial charge in [-0.25, -0.2) is 0 Å². The predicted octanol–water partition coefficient (Wildman–Crippen LogP) is 5.38. The topological polar surface area (TPSA) is 29.1 Å². The number of carbonyl (C=O) groups excluding carboxylic acids is 1. The minimum Gasteiger partial charge on any atom is -0.349 e. The van der Waals surface area contributed by atoms with Crippen molar-refractivity contribution in [1.82, 2.24) is 5.32 Å². The summed E-state index contributed by atoms with van der Waals surface area (Å²) < 4.78 is 0. The fourth-order valence-electron chi connectivity index (χ4n) is 2.65. The summed E-state index contributed by atoms with van der Waals surface area (Å²) >= 11 is 7.49. The minimum atomic E-state index is 0.0212. The van der Waals surface area contributed by atoms with E-state index in [1.165, 1.54) is 27.8 Å². The SMILES string of the molecule is Cc1cc(C)c([C@H](C)NC(=O)CSCc2ccc(Cl)cc2)cc1C. The van der Waals surface area contributed by atoms with E-state index in [2.05, 4.69) is 38.2 Å². The number of benzene rings is 2. The number of aryl methyl sites for hydroxylation is 3. The molecule has 2 nitrogen and oxygen atoms in total. The molecule has 0 spiro atoms. The van der Waals surface area contributed by atoms with Gasteiger partial charge >= 0.3 is 0 Å². The van der Waals surface area contributed by atoms with E-state index >= 15 is 0 Å². The summed E-state index contributed by atoms with van der Waals surface area (Å²) in [5.74, 6) is 1.33. The van der Waals surface area contributed by atoms with Crippen LogP contribution in [0.3, 0.4) is 0 Å². The Bertz CT molecular complexity index is 712. The first kappa shape index (κ1) is 18.9. The average molecular weight is 362 g/mol. The fraction of sp³-hybridized carbons (Fsp3) is 0.350. The second kappa shape index (κ2) is 8.59. The molecule has 1 amide bonds. The number of halogens is 1. The van der Waals surface area contributed by atoms with Gasteiger partial charge in [0, 0.05) is 10.8 Å². The molecule has 0 saturated carbocycles. The molecule has 0 aromatic heterocycles. The van der Waals surface area contributed by atoms with E-state index in [1.54, 1.807) is 11.8 Å². The van der Waals surface area contributed by atoms with Crippen LogP contribution in [-0.2, 0) is 10.5 Å². The van der Waals surface area contributed by atoms with Gasteiger partial charge in [-0.15, -0.1) is 11.8 Å². The van der Waals surface area contributed by atoms with Gasteiger partial charge in [-0.2, -0.15) is 0 Å². The molecular formula is C20H24ClNOS. The second-order valence-electron chi connectivity index (χ2n) is 6.20. The summed E-state index contributed by atoms with van der Waals surface area (Å²) in [5.41, 5.74) is 6.13. The third-order valence-corrected chi connectivity index (χ3v) is 5.40. The summed E-state index contributed by atoms with van der Waals surface area (Å²) in [5, 5.41) is 3.83. The Morgan fingerprint density at radius 2 is 1.71 bits per heavy atom. The molecule has 0 saturated heterocycles. The Hall–Kier alpha value is -1.45. The lowest BCUT2D eigenvalue weighted by Gasteiger charge is -2.18. The van der Waals surface area contributed by atoms with E-state index in [0.717, 1.165) is 10.8 Å². The maximum Gasteiger partial charge on any atom is 0.230 e. The molecule has 1 N–H and O–H groups in total. The Morgan fingerprint density at radius 3 is 2.38 bits per heavy atom. The molecule has 128 valence electrons. The average Bonchev–Trinajstić information content (AvgIpc) is 2.52. The normalized spacial score (nSPS) is 12.0. The quantitative estimate of drug-likeness (QED) is 0.748. The van der Waals surface area contributed by atoms with Crippen LogP contribution in [0.15, 0.2) is 36.4 Å². The number of rotatable bonds is 6. The molecule has 0 aliphatic carbocycles. The highest BCUT2D eigenvalue weighted by Crippen LogP contribution is 2.22. The van der Waals surface area contributed by atoms with Crippen molar-refractivity contribution in [2.24, 2.45) is 0 Å². The van der Waals surface area contributed by atoms with Gasteiger partial charge in [-0.3, -0.25) is 4.79 Å². The van der Waals surface area contributed by atoms with Crippen molar-refractivity contribution in [1.29, 1.82) is 0 Å². The summed E-state index contributed by atoms with van der Waals surface area (Å²) in [6, 6.07) is 12.1. The van der Waals surface area contributed by atoms with Gasteiger partial charge in [0.1, 0.15) is 0 Å². The van der Waals surface area contributed by atoms with Gasteiger partial charge in [0.25, 0.3) is 0 Å². The van der Waals surface area contributed by atoms with Crippen LogP contribution in [0.2, 0.25) is 5.02 Å². The zero-order valence-electron chi connectivity index (χ0n) is 14.7. The van der Waals surface area contributed by atoms with Crippen LogP contribution >= 0.6 is 23.4 Å². The lowest BCUT2D eigenvalue weighted by Crippen LogP contribution is -2.28. The van der Waals surface area contributed by atoms with Gasteiger partial charge in [0.15, 0.2) is 0 Å². The highest BCUT2D eigenvalue weighted by molar-refractivity contribution is 7.99. The Kier molecular flexibility index (Phi) is 6.76. The number of carbonyl (C=O) groups is 1. The van der Waals surface area contributed by atoms with Crippen molar-refractivity contribution in [2.45, 2.75) is 39.5 Å². The third kappa shape index (κ3) is 5.29. The summed E-state index contributed by atoms with van der Waals surface area (Å²) in [6.07, 6.45) is 0. The maximum absolute atomic E-state index is 12.2. The number of nitrogens with one attached hydrogen (secondary N) is 1. The van der Waals surface area contributed by atoms with E-state index in [4.69, 9.17) is 11.6 Å². The van der Waals surface area contributed by atoms with Crippen LogP contribution in [0, 0.1) is 20.8 Å². The summed E-state index contributed by atoms with van der Waals surface area (Å²) in [6.45, 7) is 8.36. The van der Waals surface area contributed by atoms with Crippen molar-refractivity contribution in [2.75, 3.05) is 5.75 Å². The number of amides is 1. The fourth-order valence-corrected chi connectivity index (χ4v) is 3.58. The Labute approximate surface area is 154 Å². The molecule has 24 heavy (non-hydrogen) atoms. The van der Waals surface area contributed by atoms with Crippen LogP contribution in [0.5, 0.6) is 0 Å². The molecule has 0 bridgehead atoms. The van der Waals surface area contributed by atoms with Crippen LogP contribution in [0.25, 0.3) is 0 Å². The lowest BCUT2D eigenvalue weighted by atomic mass is 9.96. The Morgan fingerprint density at radius 1 is 1.08 bits per heavy atom. The molecule has 0 heterocycles. The van der Waals surface area contributed by atoms with Crippen molar-refractivity contribution >= 4 is 29.3 Å².